The number of carbonyl (C=O) groups excluding carboxylic acids is 3. The minimum absolute atomic E-state index is 0.261. The number of rotatable bonds is 7. The first-order valence-electron chi connectivity index (χ1n) is 13.2. The SMILES string of the molecule is COc1ccc(CCNC(=O)c2ccccc2N2C(=O)N3CCc4c([nH]c5ccccc45)[C@@]3(C)C2=O)cc1OC. The Bertz CT molecular complexity index is 1660. The van der Waals surface area contributed by atoms with Crippen molar-refractivity contribution in [2.45, 2.75) is 25.3 Å². The molecule has 3 aromatic carbocycles. The second-order valence-corrected chi connectivity index (χ2v) is 10.1. The molecule has 0 aliphatic carbocycles. The lowest BCUT2D eigenvalue weighted by atomic mass is 9.87. The quantitative estimate of drug-likeness (QED) is 0.340. The number of H-pyrrole nitrogens is 1. The van der Waals surface area contributed by atoms with Crippen LogP contribution in [0.25, 0.3) is 10.9 Å². The Hall–Kier alpha value is -4.79. The van der Waals surface area contributed by atoms with Crippen molar-refractivity contribution in [3.8, 4) is 11.5 Å². The van der Waals surface area contributed by atoms with Gasteiger partial charge in [0, 0.05) is 24.0 Å². The van der Waals surface area contributed by atoms with Gasteiger partial charge in [-0.25, -0.2) is 9.69 Å². The zero-order valence-electron chi connectivity index (χ0n) is 22.6. The molecule has 1 atom stereocenters. The molecule has 6 rings (SSSR count). The van der Waals surface area contributed by atoms with E-state index in [9.17, 15) is 14.4 Å². The third-order valence-electron chi connectivity index (χ3n) is 8.00. The number of hydrogen-bond donors (Lipinski definition) is 2. The van der Waals surface area contributed by atoms with E-state index in [1.807, 2.05) is 42.5 Å². The average molecular weight is 539 g/mol. The van der Waals surface area contributed by atoms with Gasteiger partial charge >= 0.3 is 6.03 Å². The average Bonchev–Trinajstić information content (AvgIpc) is 3.45. The molecule has 2 aliphatic heterocycles. The molecule has 4 aromatic rings. The highest BCUT2D eigenvalue weighted by molar-refractivity contribution is 6.25. The molecule has 0 unspecified atom stereocenters. The van der Waals surface area contributed by atoms with Crippen molar-refractivity contribution >= 4 is 34.4 Å². The van der Waals surface area contributed by atoms with Gasteiger partial charge in [0.1, 0.15) is 0 Å². The van der Waals surface area contributed by atoms with Crippen molar-refractivity contribution in [1.82, 2.24) is 15.2 Å². The summed E-state index contributed by atoms with van der Waals surface area (Å²) in [6, 6.07) is 19.8. The van der Waals surface area contributed by atoms with Crippen LogP contribution in [0.4, 0.5) is 10.5 Å². The highest BCUT2D eigenvalue weighted by Crippen LogP contribution is 2.45. The predicted octanol–water partition coefficient (Wildman–Crippen LogP) is 4.40. The first-order valence-corrected chi connectivity index (χ1v) is 13.2. The molecule has 1 saturated heterocycles. The molecular weight excluding hydrogens is 508 g/mol. The fourth-order valence-corrected chi connectivity index (χ4v) is 5.92. The normalized spacial score (nSPS) is 18.1. The molecule has 2 aliphatic rings. The molecule has 40 heavy (non-hydrogen) atoms. The number of nitrogens with zero attached hydrogens (tertiary/aromatic N) is 2. The summed E-state index contributed by atoms with van der Waals surface area (Å²) in [5.41, 5.74) is 3.03. The number of amides is 4. The van der Waals surface area contributed by atoms with Crippen molar-refractivity contribution in [1.29, 1.82) is 0 Å². The van der Waals surface area contributed by atoms with E-state index >= 15 is 0 Å². The zero-order valence-corrected chi connectivity index (χ0v) is 22.6. The maximum Gasteiger partial charge on any atom is 0.332 e. The second kappa shape index (κ2) is 9.75. The number of benzene rings is 3. The maximum atomic E-state index is 14.1. The fraction of sp³-hybridized carbons (Fsp3) is 0.258. The van der Waals surface area contributed by atoms with Gasteiger partial charge in [-0.15, -0.1) is 0 Å². The lowest BCUT2D eigenvalue weighted by Gasteiger charge is -2.35. The number of carbonyl (C=O) groups is 3. The summed E-state index contributed by atoms with van der Waals surface area (Å²) in [4.78, 5) is 47.3. The third-order valence-corrected chi connectivity index (χ3v) is 8.00. The van der Waals surface area contributed by atoms with E-state index in [-0.39, 0.29) is 23.1 Å². The summed E-state index contributed by atoms with van der Waals surface area (Å²) in [7, 11) is 3.16. The molecule has 204 valence electrons. The van der Waals surface area contributed by atoms with Gasteiger partial charge in [-0.05, 0) is 61.2 Å². The summed E-state index contributed by atoms with van der Waals surface area (Å²) in [6.45, 7) is 2.55. The van der Waals surface area contributed by atoms with Crippen molar-refractivity contribution in [2.75, 3.05) is 32.2 Å². The Morgan fingerprint density at radius 3 is 2.55 bits per heavy atom. The van der Waals surface area contributed by atoms with E-state index in [0.717, 1.165) is 32.6 Å². The van der Waals surface area contributed by atoms with Crippen LogP contribution >= 0.6 is 0 Å². The number of methoxy groups -OCH3 is 2. The van der Waals surface area contributed by atoms with Crippen molar-refractivity contribution in [2.24, 2.45) is 0 Å². The smallest absolute Gasteiger partial charge is 0.332 e. The van der Waals surface area contributed by atoms with Crippen LogP contribution in [-0.2, 0) is 23.2 Å². The maximum absolute atomic E-state index is 14.1. The van der Waals surface area contributed by atoms with Crippen LogP contribution in [0.15, 0.2) is 66.7 Å². The molecule has 0 bridgehead atoms. The van der Waals surface area contributed by atoms with Crippen LogP contribution in [0, 0.1) is 0 Å². The van der Waals surface area contributed by atoms with Crippen molar-refractivity contribution in [3.63, 3.8) is 0 Å². The zero-order chi connectivity index (χ0) is 28.0. The summed E-state index contributed by atoms with van der Waals surface area (Å²) in [6.07, 6.45) is 1.20. The van der Waals surface area contributed by atoms with E-state index < -0.39 is 11.6 Å². The Balaban J connectivity index is 1.26. The molecule has 0 radical (unpaired) electrons. The molecule has 2 N–H and O–H groups in total. The Labute approximate surface area is 231 Å². The highest BCUT2D eigenvalue weighted by Gasteiger charge is 2.59. The van der Waals surface area contributed by atoms with Gasteiger partial charge in [-0.3, -0.25) is 9.59 Å². The lowest BCUT2D eigenvalue weighted by molar-refractivity contribution is -0.125. The highest BCUT2D eigenvalue weighted by atomic mass is 16.5. The van der Waals surface area contributed by atoms with E-state index in [2.05, 4.69) is 10.3 Å². The van der Waals surface area contributed by atoms with Crippen molar-refractivity contribution < 1.29 is 23.9 Å². The largest absolute Gasteiger partial charge is 0.493 e. The molecule has 1 fully saturated rings. The summed E-state index contributed by atoms with van der Waals surface area (Å²) >= 11 is 0. The Kier molecular flexibility index (Phi) is 6.21. The van der Waals surface area contributed by atoms with Crippen LogP contribution in [0.5, 0.6) is 11.5 Å². The number of ether oxygens (including phenoxy) is 2. The summed E-state index contributed by atoms with van der Waals surface area (Å²) < 4.78 is 10.7. The monoisotopic (exact) mass is 538 g/mol. The standard InChI is InChI=1S/C31H30N4O5/c1-31-27-21(20-8-4-6-10-23(20)33-27)15-17-34(31)30(38)35(29(31)37)24-11-7-5-9-22(24)28(36)32-16-14-19-12-13-25(39-2)26(18-19)40-3/h4-13,18,33H,14-17H2,1-3H3,(H,32,36)/t31-/m0/s1. The van der Waals surface area contributed by atoms with Gasteiger partial charge in [-0.1, -0.05) is 36.4 Å². The second-order valence-electron chi connectivity index (χ2n) is 10.1. The predicted molar refractivity (Wildman–Crippen MR) is 151 cm³/mol. The van der Waals surface area contributed by atoms with Crippen LogP contribution < -0.4 is 19.7 Å². The molecule has 1 aromatic heterocycles. The molecule has 9 heteroatoms. The van der Waals surface area contributed by atoms with Crippen LogP contribution in [0.3, 0.4) is 0 Å². The summed E-state index contributed by atoms with van der Waals surface area (Å²) in [5, 5.41) is 3.99. The van der Waals surface area contributed by atoms with Gasteiger partial charge in [0.05, 0.1) is 31.2 Å². The third kappa shape index (κ3) is 3.80. The Morgan fingerprint density at radius 1 is 1.00 bits per heavy atom. The number of aromatic nitrogens is 1. The van der Waals surface area contributed by atoms with Crippen molar-refractivity contribution in [3.05, 3.63) is 89.1 Å². The molecule has 4 amide bonds. The molecule has 0 spiro atoms. The van der Waals surface area contributed by atoms with E-state index in [0.29, 0.717) is 37.4 Å². The minimum Gasteiger partial charge on any atom is -0.493 e. The van der Waals surface area contributed by atoms with Gasteiger partial charge < -0.3 is 24.7 Å². The molecule has 9 nitrogen and oxygen atoms in total. The fourth-order valence-electron chi connectivity index (χ4n) is 5.92. The number of hydrogen-bond acceptors (Lipinski definition) is 5. The first-order chi connectivity index (χ1) is 19.4. The molecule has 3 heterocycles. The molecular formula is C31H30N4O5. The number of nitrogens with one attached hydrogen (secondary N) is 2. The number of urea groups is 1. The Morgan fingerprint density at radius 2 is 1.75 bits per heavy atom. The van der Waals surface area contributed by atoms with Crippen LogP contribution in [0.1, 0.15) is 34.1 Å². The van der Waals surface area contributed by atoms with Gasteiger partial charge in [0.15, 0.2) is 17.0 Å². The van der Waals surface area contributed by atoms with E-state index in [1.54, 1.807) is 50.3 Å². The minimum atomic E-state index is -1.19. The number of aromatic amines is 1. The number of fused-ring (bicyclic) bond motifs is 5. The van der Waals surface area contributed by atoms with E-state index in [1.165, 1.54) is 0 Å². The van der Waals surface area contributed by atoms with Crippen LogP contribution in [-0.4, -0.2) is 55.0 Å². The van der Waals surface area contributed by atoms with Gasteiger partial charge in [-0.2, -0.15) is 0 Å². The molecule has 0 saturated carbocycles. The summed E-state index contributed by atoms with van der Waals surface area (Å²) in [5.74, 6) is 0.508. The number of para-hydroxylation sites is 2. The number of anilines is 1. The van der Waals surface area contributed by atoms with Crippen LogP contribution in [0.2, 0.25) is 0 Å². The van der Waals surface area contributed by atoms with E-state index in [4.69, 9.17) is 9.47 Å². The van der Waals surface area contributed by atoms with Gasteiger partial charge in [0.2, 0.25) is 0 Å². The lowest BCUT2D eigenvalue weighted by Crippen LogP contribution is -2.49. The first kappa shape index (κ1) is 25.5. The number of imide groups is 1. The topological polar surface area (TPSA) is 104 Å². The van der Waals surface area contributed by atoms with Gasteiger partial charge in [0.25, 0.3) is 11.8 Å².